The molecule has 0 atom stereocenters. The number of pyridine rings is 1. The van der Waals surface area contributed by atoms with Crippen LogP contribution in [0.1, 0.15) is 10.4 Å². The number of rotatable bonds is 3. The van der Waals surface area contributed by atoms with Gasteiger partial charge in [-0.2, -0.15) is 0 Å². The van der Waals surface area contributed by atoms with Crippen LogP contribution in [0.5, 0.6) is 0 Å². The van der Waals surface area contributed by atoms with E-state index < -0.39 is 0 Å². The number of anilines is 1. The summed E-state index contributed by atoms with van der Waals surface area (Å²) < 4.78 is 5.97. The number of nitrogens with one attached hydrogen (secondary N) is 1. The van der Waals surface area contributed by atoms with Crippen LogP contribution in [-0.4, -0.2) is 15.9 Å². The Morgan fingerprint density at radius 3 is 2.57 bits per heavy atom. The molecule has 0 fully saturated rings. The number of benzene rings is 1. The van der Waals surface area contributed by atoms with E-state index in [0.29, 0.717) is 17.0 Å². The summed E-state index contributed by atoms with van der Waals surface area (Å²) >= 11 is 3.29. The second-order valence-corrected chi connectivity index (χ2v) is 5.20. The van der Waals surface area contributed by atoms with Crippen molar-refractivity contribution < 1.29 is 9.21 Å². The van der Waals surface area contributed by atoms with Crippen LogP contribution in [0, 0.1) is 0 Å². The molecule has 6 heteroatoms. The molecule has 0 saturated heterocycles. The van der Waals surface area contributed by atoms with Gasteiger partial charge in [-0.25, -0.2) is 4.98 Å². The van der Waals surface area contributed by atoms with E-state index in [-0.39, 0.29) is 5.91 Å². The molecule has 1 N–H and O–H groups in total. The van der Waals surface area contributed by atoms with Crippen molar-refractivity contribution in [2.75, 3.05) is 5.32 Å². The maximum absolute atomic E-state index is 12.1. The Kier molecular flexibility index (Phi) is 3.79. The van der Waals surface area contributed by atoms with Gasteiger partial charge in [-0.1, -0.05) is 0 Å². The second kappa shape index (κ2) is 5.88. The smallest absolute Gasteiger partial charge is 0.257 e. The topological polar surface area (TPSA) is 68.0 Å². The van der Waals surface area contributed by atoms with Gasteiger partial charge in [-0.3, -0.25) is 9.78 Å². The first-order chi connectivity index (χ1) is 10.2. The fourth-order valence-corrected chi connectivity index (χ4v) is 2.18. The van der Waals surface area contributed by atoms with Crippen LogP contribution in [0.25, 0.3) is 11.3 Å². The van der Waals surface area contributed by atoms with Crippen molar-refractivity contribution in [3.63, 3.8) is 0 Å². The summed E-state index contributed by atoms with van der Waals surface area (Å²) in [4.78, 5) is 19.9. The Hall–Kier alpha value is -2.47. The third-order valence-electron chi connectivity index (χ3n) is 2.83. The predicted molar refractivity (Wildman–Crippen MR) is 81.8 cm³/mol. The van der Waals surface area contributed by atoms with Crippen LogP contribution in [0.3, 0.4) is 0 Å². The SMILES string of the molecule is O=C(Nc1ccc(-c2cnco2)cc1)c1cncc(Br)c1. The van der Waals surface area contributed by atoms with Crippen molar-refractivity contribution in [2.24, 2.45) is 0 Å². The first-order valence-corrected chi connectivity index (χ1v) is 6.92. The molecule has 3 rings (SSSR count). The molecule has 0 unspecified atom stereocenters. The molecule has 1 aromatic carbocycles. The highest BCUT2D eigenvalue weighted by molar-refractivity contribution is 9.10. The number of carbonyl (C=O) groups is 1. The Morgan fingerprint density at radius 2 is 1.90 bits per heavy atom. The van der Waals surface area contributed by atoms with Crippen molar-refractivity contribution in [2.45, 2.75) is 0 Å². The summed E-state index contributed by atoms with van der Waals surface area (Å²) in [5.74, 6) is 0.472. The number of halogens is 1. The number of aromatic nitrogens is 2. The van der Waals surface area contributed by atoms with Crippen LogP contribution in [0.15, 0.2) is 64.2 Å². The first-order valence-electron chi connectivity index (χ1n) is 6.13. The lowest BCUT2D eigenvalue weighted by Gasteiger charge is -2.06. The molecule has 0 spiro atoms. The molecule has 0 aliphatic rings. The molecule has 0 aliphatic heterocycles. The van der Waals surface area contributed by atoms with Crippen molar-refractivity contribution >= 4 is 27.5 Å². The van der Waals surface area contributed by atoms with E-state index in [2.05, 4.69) is 31.2 Å². The van der Waals surface area contributed by atoms with Gasteiger partial charge in [0.15, 0.2) is 12.2 Å². The van der Waals surface area contributed by atoms with Gasteiger partial charge in [0.05, 0.1) is 11.8 Å². The molecule has 104 valence electrons. The van der Waals surface area contributed by atoms with Gasteiger partial charge in [-0.15, -0.1) is 0 Å². The molecular formula is C15H10BrN3O2. The molecule has 3 aromatic rings. The number of nitrogens with zero attached hydrogens (tertiary/aromatic N) is 2. The fourth-order valence-electron chi connectivity index (χ4n) is 1.82. The Morgan fingerprint density at radius 1 is 1.10 bits per heavy atom. The molecular weight excluding hydrogens is 334 g/mol. The zero-order valence-corrected chi connectivity index (χ0v) is 12.4. The van der Waals surface area contributed by atoms with E-state index in [1.807, 2.05) is 12.1 Å². The number of oxazole rings is 1. The molecule has 2 aromatic heterocycles. The van der Waals surface area contributed by atoms with Gasteiger partial charge in [-0.05, 0) is 46.3 Å². The van der Waals surface area contributed by atoms with Crippen molar-refractivity contribution in [1.29, 1.82) is 0 Å². The highest BCUT2D eigenvalue weighted by Crippen LogP contribution is 2.21. The summed E-state index contributed by atoms with van der Waals surface area (Å²) in [5.41, 5.74) is 2.08. The van der Waals surface area contributed by atoms with Crippen LogP contribution in [-0.2, 0) is 0 Å². The standard InChI is InChI=1S/C15H10BrN3O2/c16-12-5-11(6-17-7-12)15(20)19-13-3-1-10(2-4-13)14-8-18-9-21-14/h1-9H,(H,19,20). The highest BCUT2D eigenvalue weighted by atomic mass is 79.9. The van der Waals surface area contributed by atoms with E-state index in [9.17, 15) is 4.79 Å². The zero-order chi connectivity index (χ0) is 14.7. The van der Waals surface area contributed by atoms with Crippen LogP contribution < -0.4 is 5.32 Å². The lowest BCUT2D eigenvalue weighted by Crippen LogP contribution is -2.12. The summed E-state index contributed by atoms with van der Waals surface area (Å²) in [7, 11) is 0. The van der Waals surface area contributed by atoms with Crippen molar-refractivity contribution in [3.8, 4) is 11.3 Å². The maximum Gasteiger partial charge on any atom is 0.257 e. The summed E-state index contributed by atoms with van der Waals surface area (Å²) in [5, 5.41) is 2.81. The first kappa shape index (κ1) is 13.5. The van der Waals surface area contributed by atoms with Gasteiger partial charge in [0.2, 0.25) is 0 Å². The van der Waals surface area contributed by atoms with Gasteiger partial charge >= 0.3 is 0 Å². The number of carbonyl (C=O) groups excluding carboxylic acids is 1. The van der Waals surface area contributed by atoms with E-state index in [1.54, 1.807) is 30.6 Å². The minimum absolute atomic E-state index is 0.212. The van der Waals surface area contributed by atoms with Crippen molar-refractivity contribution in [3.05, 3.63) is 65.4 Å². The molecule has 1 amide bonds. The zero-order valence-electron chi connectivity index (χ0n) is 10.8. The molecule has 21 heavy (non-hydrogen) atoms. The van der Waals surface area contributed by atoms with Crippen LogP contribution >= 0.6 is 15.9 Å². The molecule has 0 saturated carbocycles. The average molecular weight is 344 g/mol. The predicted octanol–water partition coefficient (Wildman–Crippen LogP) is 3.75. The third kappa shape index (κ3) is 3.17. The van der Waals surface area contributed by atoms with Crippen LogP contribution in [0.4, 0.5) is 5.69 Å². The fraction of sp³-hybridized carbons (Fsp3) is 0. The van der Waals surface area contributed by atoms with Gasteiger partial charge in [0.1, 0.15) is 0 Å². The van der Waals surface area contributed by atoms with E-state index in [0.717, 1.165) is 10.0 Å². The largest absolute Gasteiger partial charge is 0.444 e. The average Bonchev–Trinajstić information content (AvgIpc) is 3.02. The normalized spacial score (nSPS) is 10.3. The van der Waals surface area contributed by atoms with Gasteiger partial charge in [0, 0.05) is 28.1 Å². The molecule has 0 radical (unpaired) electrons. The quantitative estimate of drug-likeness (QED) is 0.786. The minimum Gasteiger partial charge on any atom is -0.444 e. The van der Waals surface area contributed by atoms with Crippen molar-refractivity contribution in [1.82, 2.24) is 9.97 Å². The minimum atomic E-state index is -0.212. The molecule has 0 aliphatic carbocycles. The van der Waals surface area contributed by atoms with Crippen LogP contribution in [0.2, 0.25) is 0 Å². The summed E-state index contributed by atoms with van der Waals surface area (Å²) in [6.45, 7) is 0. The Bertz CT molecular complexity index is 755. The Labute approximate surface area is 129 Å². The lowest BCUT2D eigenvalue weighted by atomic mass is 10.1. The maximum atomic E-state index is 12.1. The van der Waals surface area contributed by atoms with E-state index in [1.165, 1.54) is 12.6 Å². The number of amides is 1. The molecule has 0 bridgehead atoms. The second-order valence-electron chi connectivity index (χ2n) is 4.29. The monoisotopic (exact) mass is 343 g/mol. The molecule has 2 heterocycles. The highest BCUT2D eigenvalue weighted by Gasteiger charge is 2.07. The lowest BCUT2D eigenvalue weighted by molar-refractivity contribution is 0.102. The number of hydrogen-bond donors (Lipinski definition) is 1. The van der Waals surface area contributed by atoms with E-state index >= 15 is 0 Å². The third-order valence-corrected chi connectivity index (χ3v) is 3.26. The summed E-state index contributed by atoms with van der Waals surface area (Å²) in [6.07, 6.45) is 6.16. The van der Waals surface area contributed by atoms with E-state index in [4.69, 9.17) is 4.42 Å². The Balaban J connectivity index is 1.75. The molecule has 5 nitrogen and oxygen atoms in total. The van der Waals surface area contributed by atoms with Gasteiger partial charge in [0.25, 0.3) is 5.91 Å². The van der Waals surface area contributed by atoms with Gasteiger partial charge < -0.3 is 9.73 Å². The summed E-state index contributed by atoms with van der Waals surface area (Å²) in [6, 6.07) is 9.04. The number of hydrogen-bond acceptors (Lipinski definition) is 4.